The van der Waals surface area contributed by atoms with Crippen LogP contribution in [0.3, 0.4) is 0 Å². The Kier molecular flexibility index (Phi) is 8.76. The van der Waals surface area contributed by atoms with Crippen molar-refractivity contribution < 1.29 is 21.9 Å². The fraction of sp³-hybridized carbons (Fsp3) is 0. The Bertz CT molecular complexity index is 624. The molecule has 3 rings (SSSR count). The largest absolute Gasteiger partial charge is 0.289 e. The summed E-state index contributed by atoms with van der Waals surface area (Å²) in [4.78, 5) is 11.6. The Labute approximate surface area is 150 Å². The molecule has 0 fully saturated rings. The SMILES string of the molecule is O=C(/C=C/c1ccc(Br)cc1)C1=C[CH]C=C1.[CH]1C=CC=C1.[Fe]. The molecule has 1 aromatic carbocycles. The Hall–Kier alpha value is -1.41. The van der Waals surface area contributed by atoms with Crippen LogP contribution in [0.1, 0.15) is 5.56 Å². The van der Waals surface area contributed by atoms with Crippen LogP contribution in [0.15, 0.2) is 82.9 Å². The van der Waals surface area contributed by atoms with Gasteiger partial charge in [-0.1, -0.05) is 76.7 Å². The average molecular weight is 395 g/mol. The molecule has 112 valence electrons. The van der Waals surface area contributed by atoms with Crippen LogP contribution in [0.25, 0.3) is 6.08 Å². The normalized spacial score (nSPS) is 14.5. The third-order valence-corrected chi connectivity index (χ3v) is 3.33. The second-order valence-corrected chi connectivity index (χ2v) is 5.30. The Balaban J connectivity index is 0.000000344. The van der Waals surface area contributed by atoms with E-state index in [9.17, 15) is 4.79 Å². The number of carbonyl (C=O) groups excluding carboxylic acids is 1. The fourth-order valence-corrected chi connectivity index (χ4v) is 1.97. The quantitative estimate of drug-likeness (QED) is 0.518. The van der Waals surface area contributed by atoms with Gasteiger partial charge in [0.1, 0.15) is 0 Å². The smallest absolute Gasteiger partial charge is 0.185 e. The molecule has 2 aliphatic rings. The van der Waals surface area contributed by atoms with E-state index in [0.717, 1.165) is 15.6 Å². The van der Waals surface area contributed by atoms with Crippen LogP contribution in [-0.2, 0) is 21.9 Å². The molecular formula is C19H15BrFeO. The van der Waals surface area contributed by atoms with Crippen LogP contribution in [0.5, 0.6) is 0 Å². The molecule has 0 atom stereocenters. The molecule has 0 aromatic heterocycles. The first-order valence-electron chi connectivity index (χ1n) is 6.62. The van der Waals surface area contributed by atoms with E-state index in [-0.39, 0.29) is 22.9 Å². The first-order valence-corrected chi connectivity index (χ1v) is 7.41. The van der Waals surface area contributed by atoms with Gasteiger partial charge in [0.05, 0.1) is 0 Å². The van der Waals surface area contributed by atoms with Gasteiger partial charge in [-0.3, -0.25) is 4.79 Å². The van der Waals surface area contributed by atoms with Crippen molar-refractivity contribution in [1.29, 1.82) is 0 Å². The molecule has 1 nitrogen and oxygen atoms in total. The molecule has 0 heterocycles. The molecular weight excluding hydrogens is 380 g/mol. The maximum Gasteiger partial charge on any atom is 0.185 e. The van der Waals surface area contributed by atoms with E-state index in [0.29, 0.717) is 0 Å². The number of halogens is 1. The van der Waals surface area contributed by atoms with E-state index >= 15 is 0 Å². The topological polar surface area (TPSA) is 17.1 Å². The molecule has 0 saturated carbocycles. The molecule has 3 heteroatoms. The minimum Gasteiger partial charge on any atom is -0.289 e. The van der Waals surface area contributed by atoms with E-state index in [1.165, 1.54) is 0 Å². The summed E-state index contributed by atoms with van der Waals surface area (Å²) >= 11 is 3.37. The minimum absolute atomic E-state index is 0. The van der Waals surface area contributed by atoms with Gasteiger partial charge < -0.3 is 0 Å². The maximum absolute atomic E-state index is 11.6. The summed E-state index contributed by atoms with van der Waals surface area (Å²) < 4.78 is 1.03. The van der Waals surface area contributed by atoms with Crippen molar-refractivity contribution in [3.05, 3.63) is 101 Å². The van der Waals surface area contributed by atoms with Gasteiger partial charge in [-0.2, -0.15) is 0 Å². The van der Waals surface area contributed by atoms with Crippen LogP contribution in [0.2, 0.25) is 0 Å². The second-order valence-electron chi connectivity index (χ2n) is 4.38. The number of ketones is 1. The standard InChI is InChI=1S/C14H10BrO.C5H5.Fe/c15-13-8-5-11(6-9-13)7-10-14(16)12-3-1-2-4-12;1-2-4-5-3-1;/h1-10H;1-5H;/b10-7+;;. The second kappa shape index (κ2) is 10.3. The molecule has 2 radical (unpaired) electrons. The number of benzene rings is 1. The molecule has 22 heavy (non-hydrogen) atoms. The van der Waals surface area contributed by atoms with Crippen LogP contribution in [0, 0.1) is 12.8 Å². The van der Waals surface area contributed by atoms with E-state index in [1.807, 2.05) is 85.7 Å². The van der Waals surface area contributed by atoms with Gasteiger partial charge >= 0.3 is 0 Å². The van der Waals surface area contributed by atoms with Gasteiger partial charge in [0.15, 0.2) is 5.78 Å². The number of carbonyl (C=O) groups is 1. The van der Waals surface area contributed by atoms with Crippen molar-refractivity contribution in [2.24, 2.45) is 0 Å². The van der Waals surface area contributed by atoms with Crippen molar-refractivity contribution >= 4 is 27.8 Å². The summed E-state index contributed by atoms with van der Waals surface area (Å²) in [6, 6.07) is 7.82. The molecule has 2 aliphatic carbocycles. The summed E-state index contributed by atoms with van der Waals surface area (Å²) in [7, 11) is 0. The summed E-state index contributed by atoms with van der Waals surface area (Å²) in [5.41, 5.74) is 1.75. The molecule has 0 unspecified atom stereocenters. The summed E-state index contributed by atoms with van der Waals surface area (Å²) in [5, 5.41) is 0. The minimum atomic E-state index is 0. The summed E-state index contributed by atoms with van der Waals surface area (Å²) in [5.74, 6) is 0.0351. The maximum atomic E-state index is 11.6. The van der Waals surface area contributed by atoms with Crippen molar-refractivity contribution in [3.8, 4) is 0 Å². The molecule has 0 amide bonds. The van der Waals surface area contributed by atoms with Crippen LogP contribution in [0.4, 0.5) is 0 Å². The van der Waals surface area contributed by atoms with E-state index in [2.05, 4.69) is 15.9 Å². The van der Waals surface area contributed by atoms with Crippen molar-refractivity contribution in [1.82, 2.24) is 0 Å². The van der Waals surface area contributed by atoms with Crippen molar-refractivity contribution in [3.63, 3.8) is 0 Å². The Morgan fingerprint density at radius 2 is 1.59 bits per heavy atom. The monoisotopic (exact) mass is 394 g/mol. The number of rotatable bonds is 3. The van der Waals surface area contributed by atoms with Crippen LogP contribution >= 0.6 is 15.9 Å². The van der Waals surface area contributed by atoms with Gasteiger partial charge in [-0.05, 0) is 23.8 Å². The Morgan fingerprint density at radius 1 is 0.909 bits per heavy atom. The molecule has 0 saturated heterocycles. The Morgan fingerprint density at radius 3 is 2.09 bits per heavy atom. The van der Waals surface area contributed by atoms with Gasteiger partial charge in [0, 0.05) is 40.0 Å². The summed E-state index contributed by atoms with van der Waals surface area (Å²) in [6.45, 7) is 0. The number of allylic oxidation sites excluding steroid dienone is 9. The molecule has 0 N–H and O–H groups in total. The van der Waals surface area contributed by atoms with Crippen LogP contribution < -0.4 is 0 Å². The molecule has 0 aliphatic heterocycles. The van der Waals surface area contributed by atoms with E-state index in [4.69, 9.17) is 0 Å². The van der Waals surface area contributed by atoms with E-state index in [1.54, 1.807) is 6.08 Å². The third-order valence-electron chi connectivity index (χ3n) is 2.80. The number of hydrogen-bond donors (Lipinski definition) is 0. The average Bonchev–Trinajstić information content (AvgIpc) is 3.21. The van der Waals surface area contributed by atoms with Gasteiger partial charge in [0.25, 0.3) is 0 Å². The summed E-state index contributed by atoms with van der Waals surface area (Å²) in [6.07, 6.45) is 20.8. The van der Waals surface area contributed by atoms with Crippen molar-refractivity contribution in [2.45, 2.75) is 0 Å². The third kappa shape index (κ3) is 6.57. The van der Waals surface area contributed by atoms with E-state index < -0.39 is 0 Å². The van der Waals surface area contributed by atoms with Crippen LogP contribution in [-0.4, -0.2) is 5.78 Å². The predicted molar refractivity (Wildman–Crippen MR) is 92.3 cm³/mol. The van der Waals surface area contributed by atoms with Crippen molar-refractivity contribution in [2.75, 3.05) is 0 Å². The zero-order valence-electron chi connectivity index (χ0n) is 11.8. The molecule has 0 spiro atoms. The van der Waals surface area contributed by atoms with Gasteiger partial charge in [0.2, 0.25) is 0 Å². The van der Waals surface area contributed by atoms with Gasteiger partial charge in [-0.15, -0.1) is 0 Å². The number of hydrogen-bond acceptors (Lipinski definition) is 1. The first kappa shape index (κ1) is 18.6. The van der Waals surface area contributed by atoms with Gasteiger partial charge in [-0.25, -0.2) is 0 Å². The molecule has 0 bridgehead atoms. The zero-order valence-corrected chi connectivity index (χ0v) is 14.5. The zero-order chi connectivity index (χ0) is 14.9. The predicted octanol–water partition coefficient (Wildman–Crippen LogP) is 5.05. The first-order chi connectivity index (χ1) is 10.3. The fourth-order valence-electron chi connectivity index (χ4n) is 1.70. The molecule has 1 aromatic rings.